The van der Waals surface area contributed by atoms with Gasteiger partial charge in [-0.3, -0.25) is 4.68 Å². The Balaban J connectivity index is 1.15. The minimum absolute atomic E-state index is 0.0394. The van der Waals surface area contributed by atoms with E-state index in [4.69, 9.17) is 33.8 Å². The lowest BCUT2D eigenvalue weighted by Gasteiger charge is -2.69. The molecule has 0 radical (unpaired) electrons. The lowest BCUT2D eigenvalue weighted by atomic mass is 9.39. The third kappa shape index (κ3) is 10.1. The predicted octanol–water partition coefficient (Wildman–Crippen LogP) is 8.64. The first-order chi connectivity index (χ1) is 29.9. The van der Waals surface area contributed by atoms with Gasteiger partial charge in [-0.05, 0) is 145 Å². The van der Waals surface area contributed by atoms with Crippen molar-refractivity contribution in [3.8, 4) is 11.1 Å². The number of hydrogen-bond donors (Lipinski definition) is 0. The molecule has 0 saturated heterocycles. The van der Waals surface area contributed by atoms with Crippen molar-refractivity contribution < 1.29 is 38.1 Å². The van der Waals surface area contributed by atoms with Crippen LogP contribution in [0.4, 0.5) is 16.3 Å². The van der Waals surface area contributed by atoms with Gasteiger partial charge >= 0.3 is 18.0 Å². The van der Waals surface area contributed by atoms with Crippen molar-refractivity contribution in [3.05, 3.63) is 58.5 Å². The van der Waals surface area contributed by atoms with Crippen LogP contribution in [0.3, 0.4) is 0 Å². The first kappa shape index (κ1) is 47.3. The van der Waals surface area contributed by atoms with Crippen molar-refractivity contribution in [1.29, 1.82) is 0 Å². The van der Waals surface area contributed by atoms with Crippen LogP contribution in [0, 0.1) is 23.2 Å². The zero-order valence-electron chi connectivity index (χ0n) is 40.7. The SMILES string of the molecule is COCCOC12CC3(C)CC(C)(CC(Cn4ncc(-c5ccc(N6CCc7cc(N(C)CCN(C)C(=O)OC(C)(C)C)cc(C(=O)OC)c7C6)nc5C(=O)OC(C)(C)C)c4C)(C3)C1)C2. The highest BCUT2D eigenvalue weighted by atomic mass is 16.6. The predicted molar refractivity (Wildman–Crippen MR) is 247 cm³/mol. The van der Waals surface area contributed by atoms with Gasteiger partial charge in [0, 0.05) is 76.4 Å². The molecule has 1 amide bonds. The Morgan fingerprint density at radius 1 is 0.828 bits per heavy atom. The maximum absolute atomic E-state index is 14.1. The molecule has 4 bridgehead atoms. The van der Waals surface area contributed by atoms with Crippen molar-refractivity contribution in [1.82, 2.24) is 19.7 Å². The van der Waals surface area contributed by atoms with Crippen LogP contribution >= 0.6 is 0 Å². The van der Waals surface area contributed by atoms with E-state index in [1.807, 2.05) is 77.9 Å². The Kier molecular flexibility index (Phi) is 12.8. The quantitative estimate of drug-likeness (QED) is 0.0871. The summed E-state index contributed by atoms with van der Waals surface area (Å²) in [6, 6.07) is 7.87. The molecule has 4 saturated carbocycles. The molecular formula is C50H72N6O8. The topological polar surface area (TPSA) is 138 Å². The average molecular weight is 885 g/mol. The van der Waals surface area contributed by atoms with Crippen LogP contribution in [0.2, 0.25) is 0 Å². The van der Waals surface area contributed by atoms with E-state index in [0.29, 0.717) is 62.8 Å². The highest BCUT2D eigenvalue weighted by molar-refractivity contribution is 5.96. The molecule has 5 aliphatic rings. The van der Waals surface area contributed by atoms with Gasteiger partial charge in [-0.25, -0.2) is 19.4 Å². The summed E-state index contributed by atoms with van der Waals surface area (Å²) in [5, 5.41) is 5.01. The number of hydrogen-bond acceptors (Lipinski definition) is 12. The molecule has 8 rings (SSSR count). The number of anilines is 2. The van der Waals surface area contributed by atoms with Crippen LogP contribution in [0.25, 0.3) is 11.1 Å². The second-order valence-corrected chi connectivity index (χ2v) is 22.2. The summed E-state index contributed by atoms with van der Waals surface area (Å²) in [5.41, 5.74) is 4.87. The van der Waals surface area contributed by atoms with Gasteiger partial charge in [0.25, 0.3) is 0 Å². The molecule has 64 heavy (non-hydrogen) atoms. The minimum Gasteiger partial charge on any atom is -0.465 e. The summed E-state index contributed by atoms with van der Waals surface area (Å²) in [4.78, 5) is 50.9. The fourth-order valence-electron chi connectivity index (χ4n) is 12.2. The Labute approximate surface area is 380 Å². The maximum Gasteiger partial charge on any atom is 0.410 e. The average Bonchev–Trinajstić information content (AvgIpc) is 3.53. The third-order valence-electron chi connectivity index (χ3n) is 13.7. The Morgan fingerprint density at radius 2 is 1.52 bits per heavy atom. The van der Waals surface area contributed by atoms with Crippen molar-refractivity contribution in [2.75, 3.05) is 71.0 Å². The number of methoxy groups -OCH3 is 2. The van der Waals surface area contributed by atoms with Gasteiger partial charge in [-0.2, -0.15) is 5.10 Å². The van der Waals surface area contributed by atoms with E-state index in [2.05, 4.69) is 36.4 Å². The number of fused-ring (bicyclic) bond motifs is 1. The summed E-state index contributed by atoms with van der Waals surface area (Å²) in [5.74, 6) is -0.336. The normalized spacial score (nSPS) is 24.9. The van der Waals surface area contributed by atoms with Crippen LogP contribution in [0.5, 0.6) is 0 Å². The summed E-state index contributed by atoms with van der Waals surface area (Å²) in [6.07, 6.45) is 8.80. The fourth-order valence-corrected chi connectivity index (χ4v) is 12.2. The highest BCUT2D eigenvalue weighted by Gasteiger charge is 2.66. The molecule has 3 aromatic rings. The lowest BCUT2D eigenvalue weighted by Crippen LogP contribution is -2.64. The maximum atomic E-state index is 14.1. The van der Waals surface area contributed by atoms with Gasteiger partial charge in [-0.1, -0.05) is 13.8 Å². The van der Waals surface area contributed by atoms with E-state index < -0.39 is 29.2 Å². The molecule has 3 heterocycles. The van der Waals surface area contributed by atoms with Crippen LogP contribution in [-0.2, 0) is 43.2 Å². The van der Waals surface area contributed by atoms with E-state index >= 15 is 0 Å². The lowest BCUT2D eigenvalue weighted by molar-refractivity contribution is -0.250. The highest BCUT2D eigenvalue weighted by Crippen LogP contribution is 2.72. The van der Waals surface area contributed by atoms with E-state index in [-0.39, 0.29) is 27.5 Å². The molecule has 14 nitrogen and oxygen atoms in total. The zero-order valence-corrected chi connectivity index (χ0v) is 40.7. The number of pyridine rings is 1. The van der Waals surface area contributed by atoms with Crippen LogP contribution in [0.1, 0.15) is 132 Å². The summed E-state index contributed by atoms with van der Waals surface area (Å²) in [6.45, 7) is 22.0. The molecule has 0 spiro atoms. The van der Waals surface area contributed by atoms with Crippen LogP contribution in [-0.4, -0.2) is 116 Å². The van der Waals surface area contributed by atoms with Crippen molar-refractivity contribution in [3.63, 3.8) is 0 Å². The number of aromatic nitrogens is 3. The Morgan fingerprint density at radius 3 is 2.16 bits per heavy atom. The standard InChI is InChI=1S/C50H72N6O8/c1-33-38(24-51-56(33)32-49-27-47(8)26-48(9,28-49)30-50(29-47,31-49)62-21-20-60-12)36-14-15-40(52-41(36)43(58)63-45(2,3)4)55-17-16-34-22-35(23-37(39(34)25-55)42(57)61-13)53(10)18-19-54(11)44(59)64-46(5,6)7/h14-15,22-24H,16-21,25-32H2,1-13H3. The first-order valence-electron chi connectivity index (χ1n) is 22.9. The van der Waals surface area contributed by atoms with Gasteiger partial charge in [0.1, 0.15) is 17.0 Å². The van der Waals surface area contributed by atoms with Gasteiger partial charge in [-0.15, -0.1) is 0 Å². The van der Waals surface area contributed by atoms with Crippen molar-refractivity contribution in [2.45, 2.75) is 137 Å². The number of benzene rings is 1. The first-order valence-corrected chi connectivity index (χ1v) is 22.9. The molecule has 2 unspecified atom stereocenters. The molecule has 4 fully saturated rings. The molecule has 350 valence electrons. The van der Waals surface area contributed by atoms with Gasteiger partial charge < -0.3 is 38.4 Å². The largest absolute Gasteiger partial charge is 0.465 e. The van der Waals surface area contributed by atoms with E-state index in [0.717, 1.165) is 66.7 Å². The zero-order chi connectivity index (χ0) is 46.6. The van der Waals surface area contributed by atoms with Crippen molar-refractivity contribution >= 4 is 29.5 Å². The molecule has 2 aromatic heterocycles. The van der Waals surface area contributed by atoms with Crippen LogP contribution in [0.15, 0.2) is 30.5 Å². The minimum atomic E-state index is -0.743. The molecule has 1 aromatic carbocycles. The molecular weight excluding hydrogens is 813 g/mol. The number of likely N-dealkylation sites (N-methyl/N-ethyl adjacent to an activating group) is 2. The van der Waals surface area contributed by atoms with Gasteiger partial charge in [0.05, 0.1) is 37.7 Å². The number of ether oxygens (including phenoxy) is 5. The molecule has 0 N–H and O–H groups in total. The summed E-state index contributed by atoms with van der Waals surface area (Å²) in [7, 11) is 6.77. The second kappa shape index (κ2) is 17.3. The number of esters is 2. The van der Waals surface area contributed by atoms with Crippen LogP contribution < -0.4 is 9.80 Å². The molecule has 1 aliphatic heterocycles. The summed E-state index contributed by atoms with van der Waals surface area (Å²) < 4.78 is 31.1. The Bertz CT molecular complexity index is 2240. The number of amides is 1. The fraction of sp³-hybridized carbons (Fsp3) is 0.660. The van der Waals surface area contributed by atoms with E-state index in [1.54, 1.807) is 19.1 Å². The summed E-state index contributed by atoms with van der Waals surface area (Å²) >= 11 is 0. The second-order valence-electron chi connectivity index (χ2n) is 22.2. The Hall–Kier alpha value is -4.69. The van der Waals surface area contributed by atoms with E-state index in [1.165, 1.54) is 13.5 Å². The number of rotatable bonds is 14. The van der Waals surface area contributed by atoms with Gasteiger partial charge in [0.15, 0.2) is 5.69 Å². The van der Waals surface area contributed by atoms with Gasteiger partial charge in [0.2, 0.25) is 0 Å². The molecule has 4 aliphatic carbocycles. The monoisotopic (exact) mass is 885 g/mol. The van der Waals surface area contributed by atoms with Crippen molar-refractivity contribution in [2.24, 2.45) is 16.2 Å². The van der Waals surface area contributed by atoms with E-state index in [9.17, 15) is 14.4 Å². The number of nitrogens with zero attached hydrogens (tertiary/aromatic N) is 6. The third-order valence-corrected chi connectivity index (χ3v) is 13.7. The smallest absolute Gasteiger partial charge is 0.410 e. The number of carbonyl (C=O) groups is 3. The number of carbonyl (C=O) groups excluding carboxylic acids is 3. The molecule has 2 atom stereocenters. The molecule has 14 heteroatoms.